The average molecular weight is 418 g/mol. The lowest BCUT2D eigenvalue weighted by molar-refractivity contribution is 0.918. The maximum absolute atomic E-state index is 6.56. The van der Waals surface area contributed by atoms with Crippen LogP contribution in [-0.4, -0.2) is 14.8 Å². The molecule has 3 nitrogen and oxygen atoms in total. The van der Waals surface area contributed by atoms with Crippen molar-refractivity contribution in [3.63, 3.8) is 0 Å². The minimum atomic E-state index is 0.550. The van der Waals surface area contributed by atoms with Gasteiger partial charge in [0.25, 0.3) is 0 Å². The zero-order valence-corrected chi connectivity index (χ0v) is 17.5. The van der Waals surface area contributed by atoms with Crippen LogP contribution in [0.1, 0.15) is 11.1 Å². The summed E-state index contributed by atoms with van der Waals surface area (Å²) >= 11 is 12.7. The normalized spacial score (nSPS) is 11.4. The summed E-state index contributed by atoms with van der Waals surface area (Å²) in [6.45, 7) is 4.22. The van der Waals surface area contributed by atoms with Crippen LogP contribution < -0.4 is 0 Å². The second-order valence-corrected chi connectivity index (χ2v) is 8.04. The van der Waals surface area contributed by atoms with Crippen LogP contribution in [0.2, 0.25) is 10.0 Å². The summed E-state index contributed by atoms with van der Waals surface area (Å²) in [5.41, 5.74) is 7.09. The third-order valence-electron chi connectivity index (χ3n) is 5.33. The molecule has 2 heterocycles. The Hall–Kier alpha value is -2.88. The van der Waals surface area contributed by atoms with Crippen molar-refractivity contribution in [3.8, 4) is 16.9 Å². The lowest BCUT2D eigenvalue weighted by Gasteiger charge is -2.08. The number of pyridine rings is 1. The van der Waals surface area contributed by atoms with Gasteiger partial charge in [-0.25, -0.2) is 4.68 Å². The Morgan fingerprint density at radius 2 is 1.66 bits per heavy atom. The van der Waals surface area contributed by atoms with Crippen LogP contribution in [0.3, 0.4) is 0 Å². The number of hydrogen-bond donors (Lipinski definition) is 0. The molecule has 29 heavy (non-hydrogen) atoms. The number of hydrogen-bond acceptors (Lipinski definition) is 2. The number of aromatic nitrogens is 3. The van der Waals surface area contributed by atoms with Crippen molar-refractivity contribution >= 4 is 45.0 Å². The van der Waals surface area contributed by atoms with Crippen molar-refractivity contribution in [2.45, 2.75) is 13.8 Å². The van der Waals surface area contributed by atoms with Crippen molar-refractivity contribution in [2.75, 3.05) is 0 Å². The quantitative estimate of drug-likeness (QED) is 0.304. The molecule has 0 saturated heterocycles. The highest BCUT2D eigenvalue weighted by Gasteiger charge is 2.18. The monoisotopic (exact) mass is 417 g/mol. The highest BCUT2D eigenvalue weighted by Crippen LogP contribution is 2.36. The Labute approximate surface area is 178 Å². The van der Waals surface area contributed by atoms with E-state index < -0.39 is 0 Å². The molecule has 2 aromatic heterocycles. The molecule has 0 spiro atoms. The Bertz CT molecular complexity index is 1400. The van der Waals surface area contributed by atoms with Gasteiger partial charge in [-0.15, -0.1) is 0 Å². The number of benzene rings is 3. The lowest BCUT2D eigenvalue weighted by atomic mass is 10.0. The zero-order valence-electron chi connectivity index (χ0n) is 15.9. The van der Waals surface area contributed by atoms with E-state index in [1.165, 1.54) is 11.1 Å². The Balaban J connectivity index is 1.91. The van der Waals surface area contributed by atoms with E-state index in [-0.39, 0.29) is 0 Å². The van der Waals surface area contributed by atoms with Gasteiger partial charge in [0, 0.05) is 27.6 Å². The first kappa shape index (κ1) is 18.2. The molecule has 0 fully saturated rings. The van der Waals surface area contributed by atoms with Crippen LogP contribution in [0.25, 0.3) is 38.8 Å². The van der Waals surface area contributed by atoms with E-state index in [1.54, 1.807) is 6.07 Å². The van der Waals surface area contributed by atoms with E-state index in [4.69, 9.17) is 28.3 Å². The van der Waals surface area contributed by atoms with Crippen LogP contribution in [0.4, 0.5) is 0 Å². The second-order valence-electron chi connectivity index (χ2n) is 7.19. The van der Waals surface area contributed by atoms with Gasteiger partial charge in [-0.05, 0) is 55.3 Å². The summed E-state index contributed by atoms with van der Waals surface area (Å²) in [4.78, 5) is 4.67. The molecule has 142 valence electrons. The number of para-hydroxylation sites is 1. The minimum Gasteiger partial charge on any atom is -0.255 e. The summed E-state index contributed by atoms with van der Waals surface area (Å²) in [7, 11) is 0. The maximum atomic E-state index is 6.56. The molecule has 0 atom stereocenters. The lowest BCUT2D eigenvalue weighted by Crippen LogP contribution is -1.98. The molecule has 0 aliphatic rings. The molecule has 0 saturated carbocycles. The molecule has 0 bridgehead atoms. The molecular formula is C24H17Cl2N3. The Kier molecular flexibility index (Phi) is 4.30. The van der Waals surface area contributed by atoms with Crippen LogP contribution in [0.15, 0.2) is 66.9 Å². The maximum Gasteiger partial charge on any atom is 0.102 e. The Morgan fingerprint density at radius 1 is 0.828 bits per heavy atom. The number of nitrogens with zero attached hydrogens (tertiary/aromatic N) is 3. The summed E-state index contributed by atoms with van der Waals surface area (Å²) in [5.74, 6) is 0. The van der Waals surface area contributed by atoms with Crippen molar-refractivity contribution < 1.29 is 0 Å². The standard InChI is InChI=1S/C24H17Cl2N3/c1-14-7-8-16(11-15(14)2)23-19-13-27-21-6-4-3-5-18(21)24(19)29(28-23)22-10-9-17(25)12-20(22)26/h3-13H,1-2H3. The highest BCUT2D eigenvalue weighted by molar-refractivity contribution is 6.35. The van der Waals surface area contributed by atoms with Crippen LogP contribution in [0.5, 0.6) is 0 Å². The molecule has 5 heteroatoms. The van der Waals surface area contributed by atoms with Crippen LogP contribution >= 0.6 is 23.2 Å². The van der Waals surface area contributed by atoms with Gasteiger partial charge in [0.05, 0.1) is 21.7 Å². The smallest absolute Gasteiger partial charge is 0.102 e. The first-order valence-corrected chi connectivity index (χ1v) is 10.1. The summed E-state index contributed by atoms with van der Waals surface area (Å²) in [6, 6.07) is 19.9. The van der Waals surface area contributed by atoms with Gasteiger partial charge in [0.1, 0.15) is 5.69 Å². The zero-order chi connectivity index (χ0) is 20.1. The molecule has 5 rings (SSSR count). The van der Waals surface area contributed by atoms with Crippen molar-refractivity contribution in [1.82, 2.24) is 14.8 Å². The molecule has 5 aromatic rings. The summed E-state index contributed by atoms with van der Waals surface area (Å²) in [5, 5.41) is 8.15. The summed E-state index contributed by atoms with van der Waals surface area (Å²) in [6.07, 6.45) is 1.90. The molecule has 0 aliphatic carbocycles. The fraction of sp³-hybridized carbons (Fsp3) is 0.0833. The van der Waals surface area contributed by atoms with E-state index in [2.05, 4.69) is 43.1 Å². The number of aryl methyl sites for hydroxylation is 2. The fourth-order valence-electron chi connectivity index (χ4n) is 3.66. The number of rotatable bonds is 2. The number of halogens is 2. The van der Waals surface area contributed by atoms with Crippen LogP contribution in [0, 0.1) is 13.8 Å². The minimum absolute atomic E-state index is 0.550. The highest BCUT2D eigenvalue weighted by atomic mass is 35.5. The van der Waals surface area contributed by atoms with Crippen LogP contribution in [-0.2, 0) is 0 Å². The first-order chi connectivity index (χ1) is 14.0. The predicted octanol–water partition coefficient (Wildman–Crippen LogP) is 7.16. The van der Waals surface area contributed by atoms with Crippen molar-refractivity contribution in [2.24, 2.45) is 0 Å². The molecule has 0 amide bonds. The largest absolute Gasteiger partial charge is 0.255 e. The van der Waals surface area contributed by atoms with Gasteiger partial charge in [0.2, 0.25) is 0 Å². The molecule has 0 aliphatic heterocycles. The Morgan fingerprint density at radius 3 is 2.45 bits per heavy atom. The topological polar surface area (TPSA) is 30.7 Å². The molecular weight excluding hydrogens is 401 g/mol. The molecule has 3 aromatic carbocycles. The van der Waals surface area contributed by atoms with E-state index in [0.29, 0.717) is 10.0 Å². The second kappa shape index (κ2) is 6.87. The molecule has 0 unspecified atom stereocenters. The average Bonchev–Trinajstić information content (AvgIpc) is 3.10. The van der Waals surface area contributed by atoms with Gasteiger partial charge >= 0.3 is 0 Å². The molecule has 0 N–H and O–H groups in total. The third kappa shape index (κ3) is 2.98. The van der Waals surface area contributed by atoms with Crippen molar-refractivity contribution in [3.05, 3.63) is 88.0 Å². The van der Waals surface area contributed by atoms with E-state index >= 15 is 0 Å². The van der Waals surface area contributed by atoms with Gasteiger partial charge in [-0.2, -0.15) is 5.10 Å². The van der Waals surface area contributed by atoms with E-state index in [1.807, 2.05) is 41.2 Å². The first-order valence-electron chi connectivity index (χ1n) is 9.32. The van der Waals surface area contributed by atoms with Gasteiger partial charge in [-0.3, -0.25) is 4.98 Å². The summed E-state index contributed by atoms with van der Waals surface area (Å²) < 4.78 is 1.91. The SMILES string of the molecule is Cc1ccc(-c2nn(-c3ccc(Cl)cc3Cl)c3c2cnc2ccccc23)cc1C. The third-order valence-corrected chi connectivity index (χ3v) is 5.87. The van der Waals surface area contributed by atoms with Gasteiger partial charge in [-0.1, -0.05) is 53.5 Å². The predicted molar refractivity (Wildman–Crippen MR) is 121 cm³/mol. The number of fused-ring (bicyclic) bond motifs is 3. The van der Waals surface area contributed by atoms with E-state index in [9.17, 15) is 0 Å². The van der Waals surface area contributed by atoms with E-state index in [0.717, 1.165) is 38.8 Å². The molecule has 0 radical (unpaired) electrons. The van der Waals surface area contributed by atoms with Crippen molar-refractivity contribution in [1.29, 1.82) is 0 Å². The van der Waals surface area contributed by atoms with Gasteiger partial charge < -0.3 is 0 Å². The fourth-order valence-corrected chi connectivity index (χ4v) is 4.15. The van der Waals surface area contributed by atoms with Gasteiger partial charge in [0.15, 0.2) is 0 Å².